The first-order chi connectivity index (χ1) is 14.4. The maximum atomic E-state index is 13.2. The van der Waals surface area contributed by atoms with Gasteiger partial charge >= 0.3 is 0 Å². The fourth-order valence-corrected chi connectivity index (χ4v) is 2.79. The third kappa shape index (κ3) is 7.01. The van der Waals surface area contributed by atoms with Crippen molar-refractivity contribution in [3.05, 3.63) is 60.3 Å². The Morgan fingerprint density at radius 1 is 0.968 bits per heavy atom. The lowest BCUT2D eigenvalue weighted by Crippen LogP contribution is -2.30. The quantitative estimate of drug-likeness (QED) is 0.387. The summed E-state index contributed by atoms with van der Waals surface area (Å²) in [6.45, 7) is 5.95. The lowest BCUT2D eigenvalue weighted by molar-refractivity contribution is 0.249. The Kier molecular flexibility index (Phi) is 8.89. The highest BCUT2D eigenvalue weighted by Crippen LogP contribution is 2.23. The summed E-state index contributed by atoms with van der Waals surface area (Å²) in [6, 6.07) is 7.70. The summed E-state index contributed by atoms with van der Waals surface area (Å²) in [7, 11) is 0. The van der Waals surface area contributed by atoms with Crippen LogP contribution in [0.1, 0.15) is 32.4 Å². The molecule has 31 heavy (non-hydrogen) atoms. The van der Waals surface area contributed by atoms with Crippen molar-refractivity contribution >= 4 is 35.8 Å². The number of aliphatic hydroxyl groups excluding tert-OH is 1. The van der Waals surface area contributed by atoms with Crippen molar-refractivity contribution in [2.75, 3.05) is 22.6 Å². The molecule has 0 aliphatic rings. The lowest BCUT2D eigenvalue weighted by Gasteiger charge is -2.22. The minimum absolute atomic E-state index is 0. The zero-order valence-corrected chi connectivity index (χ0v) is 18.4. The van der Waals surface area contributed by atoms with E-state index in [1.807, 2.05) is 20.8 Å². The number of nitrogens with zero attached hydrogens (tertiary/aromatic N) is 4. The van der Waals surface area contributed by atoms with Gasteiger partial charge in [-0.1, -0.05) is 26.0 Å². The third-order valence-electron chi connectivity index (χ3n) is 4.60. The maximum absolute atomic E-state index is 13.2. The summed E-state index contributed by atoms with van der Waals surface area (Å²) in [6.07, 6.45) is 4.76. The van der Waals surface area contributed by atoms with Gasteiger partial charge in [0.2, 0.25) is 5.95 Å². The van der Waals surface area contributed by atoms with Crippen LogP contribution in [0.2, 0.25) is 0 Å². The molecule has 3 rings (SSSR count). The molecule has 8 nitrogen and oxygen atoms in total. The Hall–Kier alpha value is -3.04. The standard InChI is InChI=1S/C21H26FN7O.ClH/c1-13(2)17(12-30)26-18-10-19(27-20-11-23-8-9-24-20)29-21(28-18)25-14(3)15-4-6-16(22)7-5-15;/h4-11,13-14,17,30H,12H2,1-3H3,(H3,24,25,26,27,28,29);1H/t14-,17?;/m0./s1. The highest BCUT2D eigenvalue weighted by molar-refractivity contribution is 5.85. The predicted molar refractivity (Wildman–Crippen MR) is 122 cm³/mol. The van der Waals surface area contributed by atoms with Gasteiger partial charge in [0.15, 0.2) is 0 Å². The van der Waals surface area contributed by atoms with Gasteiger partial charge in [0, 0.05) is 18.5 Å². The molecular formula is C21H27ClFN7O. The van der Waals surface area contributed by atoms with Crippen LogP contribution in [0.5, 0.6) is 0 Å². The first-order valence-electron chi connectivity index (χ1n) is 9.76. The Morgan fingerprint density at radius 3 is 2.29 bits per heavy atom. The molecule has 0 spiro atoms. The van der Waals surface area contributed by atoms with E-state index in [1.165, 1.54) is 12.1 Å². The molecule has 166 valence electrons. The fraction of sp³-hybridized carbons (Fsp3) is 0.333. The molecule has 2 heterocycles. The number of hydrogen-bond donors (Lipinski definition) is 4. The van der Waals surface area contributed by atoms with Crippen LogP contribution in [0, 0.1) is 11.7 Å². The number of aromatic nitrogens is 4. The number of hydrogen-bond acceptors (Lipinski definition) is 8. The van der Waals surface area contributed by atoms with Crippen molar-refractivity contribution in [3.63, 3.8) is 0 Å². The molecule has 0 bridgehead atoms. The van der Waals surface area contributed by atoms with Gasteiger partial charge in [-0.2, -0.15) is 9.97 Å². The second kappa shape index (κ2) is 11.4. The number of aliphatic hydroxyl groups is 1. The number of benzene rings is 1. The molecular weight excluding hydrogens is 421 g/mol. The van der Waals surface area contributed by atoms with Crippen molar-refractivity contribution in [2.24, 2.45) is 5.92 Å². The molecule has 0 aliphatic carbocycles. The van der Waals surface area contributed by atoms with E-state index >= 15 is 0 Å². The number of anilines is 4. The average Bonchev–Trinajstić information content (AvgIpc) is 2.73. The van der Waals surface area contributed by atoms with Crippen molar-refractivity contribution in [1.29, 1.82) is 0 Å². The van der Waals surface area contributed by atoms with Crippen LogP contribution in [-0.4, -0.2) is 37.7 Å². The summed E-state index contributed by atoms with van der Waals surface area (Å²) < 4.78 is 13.2. The van der Waals surface area contributed by atoms with E-state index in [0.29, 0.717) is 23.4 Å². The first-order valence-corrected chi connectivity index (χ1v) is 9.76. The molecule has 3 aromatic rings. The molecule has 2 atom stereocenters. The molecule has 0 fully saturated rings. The minimum atomic E-state index is -0.285. The van der Waals surface area contributed by atoms with E-state index < -0.39 is 0 Å². The number of nitrogens with one attached hydrogen (secondary N) is 3. The van der Waals surface area contributed by atoms with Crippen molar-refractivity contribution in [3.8, 4) is 0 Å². The molecule has 0 aliphatic heterocycles. The van der Waals surface area contributed by atoms with E-state index in [0.717, 1.165) is 5.56 Å². The van der Waals surface area contributed by atoms with E-state index in [9.17, 15) is 9.50 Å². The van der Waals surface area contributed by atoms with Gasteiger partial charge in [-0.15, -0.1) is 12.4 Å². The Labute approximate surface area is 187 Å². The van der Waals surface area contributed by atoms with Gasteiger partial charge in [-0.3, -0.25) is 4.98 Å². The monoisotopic (exact) mass is 447 g/mol. The SMILES string of the molecule is CC(C)C(CO)Nc1cc(Nc2cnccn2)nc(N[C@@H](C)c2ccc(F)cc2)n1.Cl. The van der Waals surface area contributed by atoms with E-state index in [-0.39, 0.29) is 42.8 Å². The smallest absolute Gasteiger partial charge is 0.227 e. The van der Waals surface area contributed by atoms with Gasteiger partial charge in [0.1, 0.15) is 23.3 Å². The molecule has 1 unspecified atom stereocenters. The molecule has 4 N–H and O–H groups in total. The second-order valence-electron chi connectivity index (χ2n) is 7.27. The molecule has 10 heteroatoms. The Balaban J connectivity index is 0.00000341. The van der Waals surface area contributed by atoms with Crippen LogP contribution in [0.15, 0.2) is 48.9 Å². The van der Waals surface area contributed by atoms with Crippen LogP contribution in [-0.2, 0) is 0 Å². The first kappa shape index (κ1) is 24.2. The fourth-order valence-electron chi connectivity index (χ4n) is 2.79. The summed E-state index contributed by atoms with van der Waals surface area (Å²) >= 11 is 0. The molecule has 0 saturated carbocycles. The molecule has 0 saturated heterocycles. The van der Waals surface area contributed by atoms with Gasteiger partial charge in [0.05, 0.1) is 24.9 Å². The van der Waals surface area contributed by atoms with Crippen LogP contribution in [0.25, 0.3) is 0 Å². The largest absolute Gasteiger partial charge is 0.394 e. The molecule has 2 aromatic heterocycles. The van der Waals surface area contributed by atoms with Gasteiger partial charge < -0.3 is 21.1 Å². The number of halogens is 2. The van der Waals surface area contributed by atoms with Crippen LogP contribution < -0.4 is 16.0 Å². The summed E-state index contributed by atoms with van der Waals surface area (Å²) in [5.41, 5.74) is 0.900. The summed E-state index contributed by atoms with van der Waals surface area (Å²) in [5, 5.41) is 19.3. The third-order valence-corrected chi connectivity index (χ3v) is 4.60. The molecule has 1 aromatic carbocycles. The second-order valence-corrected chi connectivity index (χ2v) is 7.27. The average molecular weight is 448 g/mol. The van der Waals surface area contributed by atoms with Gasteiger partial charge in [0.25, 0.3) is 0 Å². The zero-order valence-electron chi connectivity index (χ0n) is 17.6. The van der Waals surface area contributed by atoms with E-state index in [2.05, 4.69) is 35.9 Å². The normalized spacial score (nSPS) is 12.6. The maximum Gasteiger partial charge on any atom is 0.227 e. The minimum Gasteiger partial charge on any atom is -0.394 e. The van der Waals surface area contributed by atoms with E-state index in [4.69, 9.17) is 0 Å². The topological polar surface area (TPSA) is 108 Å². The zero-order chi connectivity index (χ0) is 21.5. The highest BCUT2D eigenvalue weighted by Gasteiger charge is 2.15. The van der Waals surface area contributed by atoms with Gasteiger partial charge in [-0.05, 0) is 30.5 Å². The van der Waals surface area contributed by atoms with E-state index in [1.54, 1.807) is 36.8 Å². The van der Waals surface area contributed by atoms with Crippen molar-refractivity contribution in [2.45, 2.75) is 32.9 Å². The predicted octanol–water partition coefficient (Wildman–Crippen LogP) is 4.17. The molecule has 0 radical (unpaired) electrons. The number of rotatable bonds is 9. The summed E-state index contributed by atoms with van der Waals surface area (Å²) in [4.78, 5) is 17.3. The van der Waals surface area contributed by atoms with Crippen LogP contribution in [0.3, 0.4) is 0 Å². The van der Waals surface area contributed by atoms with Crippen molar-refractivity contribution in [1.82, 2.24) is 19.9 Å². The molecule has 0 amide bonds. The van der Waals surface area contributed by atoms with Crippen LogP contribution in [0.4, 0.5) is 27.8 Å². The lowest BCUT2D eigenvalue weighted by atomic mass is 10.1. The highest BCUT2D eigenvalue weighted by atomic mass is 35.5. The van der Waals surface area contributed by atoms with Gasteiger partial charge in [-0.25, -0.2) is 9.37 Å². The Morgan fingerprint density at radius 2 is 1.68 bits per heavy atom. The van der Waals surface area contributed by atoms with Crippen molar-refractivity contribution < 1.29 is 9.50 Å². The summed E-state index contributed by atoms with van der Waals surface area (Å²) in [5.74, 6) is 1.91. The Bertz CT molecular complexity index is 944. The van der Waals surface area contributed by atoms with Crippen LogP contribution >= 0.6 is 12.4 Å².